The highest BCUT2D eigenvalue weighted by atomic mass is 28.3. The fourth-order valence-corrected chi connectivity index (χ4v) is 11.9. The quantitative estimate of drug-likeness (QED) is 0.336. The van der Waals surface area contributed by atoms with Crippen molar-refractivity contribution in [2.75, 3.05) is 0 Å². The van der Waals surface area contributed by atoms with E-state index in [2.05, 4.69) is 139 Å². The van der Waals surface area contributed by atoms with Crippen LogP contribution in [0.15, 0.2) is 97.1 Å². The minimum Gasteiger partial charge on any atom is -0.298 e. The minimum absolute atomic E-state index is 0.0411. The molecule has 0 unspecified atom stereocenters. The van der Waals surface area contributed by atoms with Crippen molar-refractivity contribution in [2.45, 2.75) is 59.0 Å². The van der Waals surface area contributed by atoms with Gasteiger partial charge in [0.05, 0.1) is 0 Å². The van der Waals surface area contributed by atoms with Crippen LogP contribution in [-0.2, 0) is 4.79 Å². The molecule has 1 aliphatic carbocycles. The molecule has 0 saturated carbocycles. The van der Waals surface area contributed by atoms with Crippen molar-refractivity contribution in [1.82, 2.24) is 0 Å². The molecule has 4 rings (SSSR count). The van der Waals surface area contributed by atoms with Crippen LogP contribution >= 0.6 is 0 Å². The Kier molecular flexibility index (Phi) is 7.06. The summed E-state index contributed by atoms with van der Waals surface area (Å²) in [6.45, 7) is 13.5. The van der Waals surface area contributed by atoms with Crippen LogP contribution in [0.5, 0.6) is 0 Å². The van der Waals surface area contributed by atoms with Crippen molar-refractivity contribution in [3.8, 4) is 0 Å². The number of carbonyl (C=O) groups is 1. The second-order valence-corrected chi connectivity index (χ2v) is 17.1. The predicted octanol–water partition coefficient (Wildman–Crippen LogP) is 7.38. The van der Waals surface area contributed by atoms with E-state index in [1.54, 1.807) is 0 Å². The molecule has 1 nitrogen and oxygen atoms in total. The van der Waals surface area contributed by atoms with E-state index in [4.69, 9.17) is 0 Å². The van der Waals surface area contributed by atoms with E-state index < -0.39 is 8.07 Å². The van der Waals surface area contributed by atoms with E-state index >= 15 is 0 Å². The Morgan fingerprint density at radius 2 is 1.20 bits per heavy atom. The van der Waals surface area contributed by atoms with Gasteiger partial charge in [-0.05, 0) is 34.6 Å². The average Bonchev–Trinajstić information content (AvgIpc) is 3.26. The smallest absolute Gasteiger partial charge is 0.145 e. The van der Waals surface area contributed by atoms with Crippen LogP contribution in [0, 0.1) is 17.3 Å². The molecule has 1 aliphatic rings. The van der Waals surface area contributed by atoms with Crippen LogP contribution in [0.3, 0.4) is 0 Å². The largest absolute Gasteiger partial charge is 0.298 e. The van der Waals surface area contributed by atoms with Gasteiger partial charge in [0.15, 0.2) is 0 Å². The number of hydrogen-bond acceptors (Lipinski definition) is 1. The summed E-state index contributed by atoms with van der Waals surface area (Å²) in [5.41, 5.74) is 2.07. The zero-order valence-electron chi connectivity index (χ0n) is 22.2. The molecular formula is C33H40OSi. The van der Waals surface area contributed by atoms with Crippen molar-refractivity contribution >= 4 is 29.8 Å². The fourth-order valence-electron chi connectivity index (χ4n) is 6.12. The molecule has 0 saturated heterocycles. The van der Waals surface area contributed by atoms with Crippen LogP contribution in [0.1, 0.15) is 53.5 Å². The van der Waals surface area contributed by atoms with E-state index in [1.807, 2.05) is 0 Å². The van der Waals surface area contributed by atoms with Crippen LogP contribution in [0.4, 0.5) is 0 Å². The Balaban J connectivity index is 1.84. The lowest BCUT2D eigenvalue weighted by Gasteiger charge is -2.45. The maximum Gasteiger partial charge on any atom is 0.145 e. The van der Waals surface area contributed by atoms with Crippen LogP contribution in [0.2, 0.25) is 11.1 Å². The Labute approximate surface area is 213 Å². The third kappa shape index (κ3) is 5.00. The molecule has 182 valence electrons. The number of hydrogen-bond donors (Lipinski definition) is 0. The molecule has 0 fully saturated rings. The molecular weight excluding hydrogens is 440 g/mol. The zero-order valence-corrected chi connectivity index (χ0v) is 23.2. The molecule has 3 aromatic rings. The Hall–Kier alpha value is -2.71. The molecule has 0 amide bonds. The van der Waals surface area contributed by atoms with Gasteiger partial charge >= 0.3 is 0 Å². The highest BCUT2D eigenvalue weighted by molar-refractivity contribution is 7.04. The van der Waals surface area contributed by atoms with Crippen LogP contribution in [0.25, 0.3) is 5.57 Å². The van der Waals surface area contributed by atoms with Crippen LogP contribution in [-0.4, -0.2) is 13.9 Å². The van der Waals surface area contributed by atoms with Gasteiger partial charge in [-0.25, -0.2) is 0 Å². The van der Waals surface area contributed by atoms with E-state index in [0.717, 1.165) is 12.5 Å². The molecule has 0 heterocycles. The molecule has 0 aliphatic heterocycles. The summed E-state index contributed by atoms with van der Waals surface area (Å²) in [4.78, 5) is 13.7. The van der Waals surface area contributed by atoms with E-state index in [1.165, 1.54) is 21.5 Å². The van der Waals surface area contributed by atoms with Crippen molar-refractivity contribution in [3.05, 3.63) is 103 Å². The summed E-state index contributed by atoms with van der Waals surface area (Å²) in [5, 5.41) is 3.08. The SMILES string of the molecule is CC(C)(C)C(=O)[C@H]1C[C@@H](C[Si](c2ccccc2)(c2ccccc2)C(C)(C)C)C=C1c1ccccc1. The lowest BCUT2D eigenvalue weighted by atomic mass is 9.78. The lowest BCUT2D eigenvalue weighted by molar-refractivity contribution is -0.128. The van der Waals surface area contributed by atoms with Gasteiger partial charge in [-0.1, -0.05) is 149 Å². The zero-order chi connectivity index (χ0) is 25.3. The maximum absolute atomic E-state index is 13.7. The molecule has 0 radical (unpaired) electrons. The highest BCUT2D eigenvalue weighted by Gasteiger charge is 2.50. The molecule has 3 aromatic carbocycles. The van der Waals surface area contributed by atoms with Crippen LogP contribution < -0.4 is 10.4 Å². The van der Waals surface area contributed by atoms with Crippen molar-refractivity contribution in [3.63, 3.8) is 0 Å². The summed E-state index contributed by atoms with van der Waals surface area (Å²) in [7, 11) is -2.21. The first kappa shape index (κ1) is 25.4. The highest BCUT2D eigenvalue weighted by Crippen LogP contribution is 2.47. The molecule has 0 aromatic heterocycles. The molecule has 2 atom stereocenters. The van der Waals surface area contributed by atoms with Crippen molar-refractivity contribution in [2.24, 2.45) is 17.3 Å². The summed E-state index contributed by atoms with van der Waals surface area (Å²) in [6, 6.07) is 34.1. The summed E-state index contributed by atoms with van der Waals surface area (Å²) in [6.07, 6.45) is 3.37. The van der Waals surface area contributed by atoms with Gasteiger partial charge in [0.25, 0.3) is 0 Å². The molecule has 0 spiro atoms. The third-order valence-electron chi connectivity index (χ3n) is 7.87. The summed E-state index contributed by atoms with van der Waals surface area (Å²) in [5.74, 6) is 0.686. The predicted molar refractivity (Wildman–Crippen MR) is 153 cm³/mol. The number of rotatable bonds is 6. The first-order chi connectivity index (χ1) is 16.5. The van der Waals surface area contributed by atoms with Gasteiger partial charge < -0.3 is 0 Å². The van der Waals surface area contributed by atoms with Gasteiger partial charge in [0, 0.05) is 11.3 Å². The van der Waals surface area contributed by atoms with Gasteiger partial charge in [0.2, 0.25) is 0 Å². The Morgan fingerprint density at radius 1 is 0.743 bits per heavy atom. The first-order valence-electron chi connectivity index (χ1n) is 13.0. The lowest BCUT2D eigenvalue weighted by Crippen LogP contribution is -2.64. The molecule has 0 N–H and O–H groups in total. The number of allylic oxidation sites excluding steroid dienone is 2. The Morgan fingerprint density at radius 3 is 1.63 bits per heavy atom. The van der Waals surface area contributed by atoms with E-state index in [-0.39, 0.29) is 16.4 Å². The Bertz CT molecular complexity index is 1130. The third-order valence-corrected chi connectivity index (χ3v) is 14.2. The number of carbonyl (C=O) groups excluding carboxylic acids is 1. The van der Waals surface area contributed by atoms with E-state index in [0.29, 0.717) is 11.7 Å². The molecule has 35 heavy (non-hydrogen) atoms. The van der Waals surface area contributed by atoms with Crippen molar-refractivity contribution in [1.29, 1.82) is 0 Å². The van der Waals surface area contributed by atoms with Crippen molar-refractivity contribution < 1.29 is 4.79 Å². The molecule has 2 heteroatoms. The number of Topliss-reactive ketones (excluding diaryl/α,β-unsaturated/α-hetero) is 1. The standard InChI is InChI=1S/C33H40OSi/c1-32(2,3)31(34)30-23-25(22-29(30)26-16-10-7-11-17-26)24-35(33(4,5)6,27-18-12-8-13-19-27)28-20-14-9-15-21-28/h7-22,25,30H,23-24H2,1-6H3/t25-,30-/m0/s1. The summed E-state index contributed by atoms with van der Waals surface area (Å²) < 4.78 is 0. The molecule has 0 bridgehead atoms. The monoisotopic (exact) mass is 480 g/mol. The normalized spacial score (nSPS) is 18.9. The first-order valence-corrected chi connectivity index (χ1v) is 15.2. The maximum atomic E-state index is 13.7. The number of ketones is 1. The number of benzene rings is 3. The van der Waals surface area contributed by atoms with Gasteiger partial charge in [0.1, 0.15) is 13.9 Å². The van der Waals surface area contributed by atoms with E-state index in [9.17, 15) is 4.79 Å². The van der Waals surface area contributed by atoms with Gasteiger partial charge in [-0.15, -0.1) is 0 Å². The average molecular weight is 481 g/mol. The van der Waals surface area contributed by atoms with Gasteiger partial charge in [-0.3, -0.25) is 4.79 Å². The topological polar surface area (TPSA) is 17.1 Å². The fraction of sp³-hybridized carbons (Fsp3) is 0.364. The summed E-state index contributed by atoms with van der Waals surface area (Å²) >= 11 is 0. The second-order valence-electron chi connectivity index (χ2n) is 12.2. The minimum atomic E-state index is -2.21. The second kappa shape index (κ2) is 9.74. The van der Waals surface area contributed by atoms with Gasteiger partial charge in [-0.2, -0.15) is 0 Å².